The van der Waals surface area contributed by atoms with Crippen LogP contribution in [0.2, 0.25) is 0 Å². The summed E-state index contributed by atoms with van der Waals surface area (Å²) in [4.78, 5) is 0.0965. The highest BCUT2D eigenvalue weighted by molar-refractivity contribution is 7.89. The smallest absolute Gasteiger partial charge is 0.244 e. The molecule has 1 saturated carbocycles. The number of sulfonamides is 1. The van der Waals surface area contributed by atoms with Gasteiger partial charge in [0.05, 0.1) is 12.3 Å². The van der Waals surface area contributed by atoms with Crippen LogP contribution in [0.4, 0.5) is 0 Å². The largest absolute Gasteiger partial charge is 0.390 e. The summed E-state index contributed by atoms with van der Waals surface area (Å²) in [6, 6.07) is -0.0452. The monoisotopic (exact) mass is 315 g/mol. The third kappa shape index (κ3) is 3.64. The summed E-state index contributed by atoms with van der Waals surface area (Å²) >= 11 is 0. The molecular weight excluding hydrogens is 290 g/mol. The number of hydrogen-bond donors (Lipinski definition) is 3. The maximum atomic E-state index is 12.6. The van der Waals surface area contributed by atoms with Gasteiger partial charge in [0, 0.05) is 6.04 Å². The van der Waals surface area contributed by atoms with Crippen molar-refractivity contribution in [3.05, 3.63) is 11.4 Å². The second-order valence-corrected chi connectivity index (χ2v) is 7.47. The fourth-order valence-corrected chi connectivity index (χ4v) is 4.99. The van der Waals surface area contributed by atoms with Gasteiger partial charge < -0.3 is 5.11 Å². The molecule has 1 aromatic heterocycles. The van der Waals surface area contributed by atoms with Crippen LogP contribution in [0.15, 0.2) is 4.90 Å². The molecule has 1 heterocycles. The van der Waals surface area contributed by atoms with E-state index in [0.29, 0.717) is 11.6 Å². The van der Waals surface area contributed by atoms with E-state index < -0.39 is 10.0 Å². The third-order valence-corrected chi connectivity index (χ3v) is 6.04. The number of aromatic nitrogens is 2. The van der Waals surface area contributed by atoms with Gasteiger partial charge in [-0.2, -0.15) is 5.10 Å². The first kappa shape index (κ1) is 16.5. The molecule has 6 nitrogen and oxygen atoms in total. The number of nitrogens with zero attached hydrogens (tertiary/aromatic N) is 1. The van der Waals surface area contributed by atoms with Crippen molar-refractivity contribution < 1.29 is 13.5 Å². The number of aliphatic hydroxyl groups is 1. The molecule has 0 saturated heterocycles. The summed E-state index contributed by atoms with van der Waals surface area (Å²) < 4.78 is 28.1. The number of aliphatic hydroxyl groups excluding tert-OH is 1. The highest BCUT2D eigenvalue weighted by Gasteiger charge is 2.30. The number of nitrogens with one attached hydrogen (secondary N) is 2. The molecule has 21 heavy (non-hydrogen) atoms. The molecule has 1 aliphatic carbocycles. The van der Waals surface area contributed by atoms with E-state index in [0.717, 1.165) is 19.3 Å². The Labute approximate surface area is 126 Å². The molecule has 1 aromatic rings. The molecule has 0 spiro atoms. The van der Waals surface area contributed by atoms with Gasteiger partial charge in [-0.25, -0.2) is 13.1 Å². The lowest BCUT2D eigenvalue weighted by Gasteiger charge is -2.30. The van der Waals surface area contributed by atoms with E-state index in [-0.39, 0.29) is 23.2 Å². The molecule has 1 unspecified atom stereocenters. The molecule has 7 heteroatoms. The molecule has 0 aromatic carbocycles. The Hall–Kier alpha value is -0.920. The highest BCUT2D eigenvalue weighted by atomic mass is 32.2. The van der Waals surface area contributed by atoms with E-state index in [1.807, 2.05) is 6.92 Å². The molecular formula is C14H25N3O3S. The highest BCUT2D eigenvalue weighted by Crippen LogP contribution is 2.29. The van der Waals surface area contributed by atoms with Crippen molar-refractivity contribution in [3.8, 4) is 0 Å². The summed E-state index contributed by atoms with van der Waals surface area (Å²) in [7, 11) is -3.65. The predicted molar refractivity (Wildman–Crippen MR) is 80.2 cm³/mol. The SMILES string of the molecule is CCC(NS(=O)(=O)c1c(CO)n[nH]c1C)C1CCCCC1. The lowest BCUT2D eigenvalue weighted by atomic mass is 9.83. The maximum Gasteiger partial charge on any atom is 0.244 e. The van der Waals surface area contributed by atoms with Crippen LogP contribution in [0.5, 0.6) is 0 Å². The van der Waals surface area contributed by atoms with Crippen molar-refractivity contribution in [2.75, 3.05) is 0 Å². The van der Waals surface area contributed by atoms with Crippen LogP contribution in [0, 0.1) is 12.8 Å². The number of aromatic amines is 1. The Morgan fingerprint density at radius 2 is 2.05 bits per heavy atom. The standard InChI is InChI=1S/C14H25N3O3S/c1-3-12(11-7-5-4-6-8-11)17-21(19,20)14-10(2)15-16-13(14)9-18/h11-12,17-18H,3-9H2,1-2H3,(H,15,16). The quantitative estimate of drug-likeness (QED) is 0.746. The van der Waals surface area contributed by atoms with Crippen molar-refractivity contribution >= 4 is 10.0 Å². The Bertz CT molecular complexity index is 562. The lowest BCUT2D eigenvalue weighted by molar-refractivity contribution is 0.272. The van der Waals surface area contributed by atoms with Gasteiger partial charge in [-0.05, 0) is 32.1 Å². The van der Waals surface area contributed by atoms with Gasteiger partial charge in [0.2, 0.25) is 10.0 Å². The fraction of sp³-hybridized carbons (Fsp3) is 0.786. The Balaban J connectivity index is 2.20. The van der Waals surface area contributed by atoms with Gasteiger partial charge in [-0.15, -0.1) is 0 Å². The van der Waals surface area contributed by atoms with Crippen LogP contribution in [-0.4, -0.2) is 29.8 Å². The van der Waals surface area contributed by atoms with Gasteiger partial charge in [-0.3, -0.25) is 5.10 Å². The van der Waals surface area contributed by atoms with Gasteiger partial charge >= 0.3 is 0 Å². The fourth-order valence-electron chi connectivity index (χ4n) is 3.24. The van der Waals surface area contributed by atoms with Crippen LogP contribution in [0.1, 0.15) is 56.8 Å². The van der Waals surface area contributed by atoms with Crippen molar-refractivity contribution in [3.63, 3.8) is 0 Å². The Morgan fingerprint density at radius 1 is 1.38 bits per heavy atom. The van der Waals surface area contributed by atoms with Gasteiger partial charge in [0.15, 0.2) is 0 Å². The number of aryl methyl sites for hydroxylation is 1. The third-order valence-electron chi connectivity index (χ3n) is 4.34. The molecule has 120 valence electrons. The first-order valence-corrected chi connectivity index (χ1v) is 9.15. The summed E-state index contributed by atoms with van der Waals surface area (Å²) in [5.74, 6) is 0.406. The Morgan fingerprint density at radius 3 is 2.62 bits per heavy atom. The first-order chi connectivity index (χ1) is 9.99. The van der Waals surface area contributed by atoms with E-state index in [2.05, 4.69) is 14.9 Å². The molecule has 3 N–H and O–H groups in total. The molecule has 0 amide bonds. The molecule has 1 atom stereocenters. The van der Waals surface area contributed by atoms with Crippen LogP contribution >= 0.6 is 0 Å². The van der Waals surface area contributed by atoms with E-state index in [1.165, 1.54) is 19.3 Å². The zero-order valence-electron chi connectivity index (χ0n) is 12.7. The normalized spacial score (nSPS) is 18.8. The predicted octanol–water partition coefficient (Wildman–Crippen LogP) is 1.85. The van der Waals surface area contributed by atoms with Crippen LogP contribution < -0.4 is 4.72 Å². The molecule has 1 fully saturated rings. The average molecular weight is 315 g/mol. The summed E-state index contributed by atoms with van der Waals surface area (Å²) in [6.45, 7) is 3.28. The van der Waals surface area contributed by atoms with Crippen molar-refractivity contribution in [1.29, 1.82) is 0 Å². The number of rotatable bonds is 6. The van der Waals surface area contributed by atoms with E-state index >= 15 is 0 Å². The van der Waals surface area contributed by atoms with Crippen molar-refractivity contribution in [1.82, 2.24) is 14.9 Å². The van der Waals surface area contributed by atoms with E-state index in [1.54, 1.807) is 6.92 Å². The minimum atomic E-state index is -3.65. The first-order valence-electron chi connectivity index (χ1n) is 7.66. The molecule has 2 rings (SSSR count). The van der Waals surface area contributed by atoms with Crippen molar-refractivity contribution in [2.24, 2.45) is 5.92 Å². The molecule has 1 aliphatic rings. The summed E-state index contributed by atoms with van der Waals surface area (Å²) in [6.07, 6.45) is 6.53. The van der Waals surface area contributed by atoms with Crippen LogP contribution in [0.25, 0.3) is 0 Å². The van der Waals surface area contributed by atoms with E-state index in [4.69, 9.17) is 0 Å². The average Bonchev–Trinajstić information content (AvgIpc) is 2.87. The minimum Gasteiger partial charge on any atom is -0.390 e. The van der Waals surface area contributed by atoms with Crippen molar-refractivity contribution in [2.45, 2.75) is 69.9 Å². The van der Waals surface area contributed by atoms with Gasteiger partial charge in [0.1, 0.15) is 10.6 Å². The minimum absolute atomic E-state index is 0.0452. The zero-order valence-corrected chi connectivity index (χ0v) is 13.5. The number of hydrogen-bond acceptors (Lipinski definition) is 4. The van der Waals surface area contributed by atoms with Gasteiger partial charge in [0.25, 0.3) is 0 Å². The summed E-state index contributed by atoms with van der Waals surface area (Å²) in [5, 5.41) is 15.7. The number of H-pyrrole nitrogens is 1. The maximum absolute atomic E-state index is 12.6. The van der Waals surface area contributed by atoms with Crippen LogP contribution in [0.3, 0.4) is 0 Å². The second kappa shape index (κ2) is 6.89. The molecule has 0 bridgehead atoms. The topological polar surface area (TPSA) is 95.1 Å². The van der Waals surface area contributed by atoms with E-state index in [9.17, 15) is 13.5 Å². The lowest BCUT2D eigenvalue weighted by Crippen LogP contribution is -2.41. The summed E-state index contributed by atoms with van der Waals surface area (Å²) in [5.41, 5.74) is 0.642. The van der Waals surface area contributed by atoms with Crippen LogP contribution in [-0.2, 0) is 16.6 Å². The second-order valence-electron chi connectivity index (χ2n) is 5.82. The zero-order chi connectivity index (χ0) is 15.5. The van der Waals surface area contributed by atoms with Gasteiger partial charge in [-0.1, -0.05) is 26.2 Å². The Kier molecular flexibility index (Phi) is 5.40. The molecule has 0 radical (unpaired) electrons. The molecule has 0 aliphatic heterocycles.